The van der Waals surface area contributed by atoms with E-state index in [1.54, 1.807) is 28.9 Å². The Morgan fingerprint density at radius 1 is 1.17 bits per heavy atom. The molecule has 186 valence electrons. The molecule has 0 saturated carbocycles. The van der Waals surface area contributed by atoms with Crippen LogP contribution < -0.4 is 0 Å². The Balaban J connectivity index is 1.47. The second-order valence-electron chi connectivity index (χ2n) is 10.2. The molecule has 1 aromatic carbocycles. The van der Waals surface area contributed by atoms with Crippen LogP contribution in [0.25, 0.3) is 0 Å². The van der Waals surface area contributed by atoms with Crippen LogP contribution in [0, 0.1) is 5.92 Å². The van der Waals surface area contributed by atoms with Gasteiger partial charge in [0, 0.05) is 51.9 Å². The van der Waals surface area contributed by atoms with Crippen molar-refractivity contribution in [3.05, 3.63) is 65.7 Å². The molecule has 35 heavy (non-hydrogen) atoms. The maximum absolute atomic E-state index is 13.2. The van der Waals surface area contributed by atoms with Gasteiger partial charge in [-0.3, -0.25) is 19.1 Å². The number of rotatable bonds is 6. The van der Waals surface area contributed by atoms with Crippen molar-refractivity contribution in [1.29, 1.82) is 0 Å². The van der Waals surface area contributed by atoms with Crippen molar-refractivity contribution in [3.8, 4) is 0 Å². The molecule has 1 saturated heterocycles. The summed E-state index contributed by atoms with van der Waals surface area (Å²) in [6.07, 6.45) is 5.61. The minimum Gasteiger partial charge on any atom is -0.481 e. The van der Waals surface area contributed by atoms with Gasteiger partial charge in [-0.15, -0.1) is 0 Å². The Kier molecular flexibility index (Phi) is 7.10. The summed E-state index contributed by atoms with van der Waals surface area (Å²) in [5.74, 6) is -0.0741. The predicted octanol–water partition coefficient (Wildman–Crippen LogP) is 2.99. The summed E-state index contributed by atoms with van der Waals surface area (Å²) in [4.78, 5) is 42.0. The van der Waals surface area contributed by atoms with E-state index in [9.17, 15) is 14.4 Å². The van der Waals surface area contributed by atoms with Crippen LogP contribution in [0.4, 0.5) is 0 Å². The fraction of sp³-hybridized carbons (Fsp3) is 0.481. The fourth-order valence-electron chi connectivity index (χ4n) is 5.06. The predicted molar refractivity (Wildman–Crippen MR) is 131 cm³/mol. The van der Waals surface area contributed by atoms with Crippen LogP contribution in [-0.2, 0) is 27.8 Å². The lowest BCUT2D eigenvalue weighted by molar-refractivity contribution is -0.139. The molecular weight excluding hydrogens is 444 g/mol. The molecule has 1 atom stereocenters. The third-order valence-corrected chi connectivity index (χ3v) is 6.90. The van der Waals surface area contributed by atoms with Gasteiger partial charge in [-0.1, -0.05) is 30.3 Å². The number of amides is 2. The van der Waals surface area contributed by atoms with E-state index in [0.717, 1.165) is 24.8 Å². The Morgan fingerprint density at radius 3 is 2.46 bits per heavy atom. The number of ketones is 1. The Labute approximate surface area is 206 Å². The van der Waals surface area contributed by atoms with Crippen LogP contribution in [0.2, 0.25) is 0 Å². The third kappa shape index (κ3) is 5.81. The molecule has 0 aliphatic carbocycles. The molecular formula is C27H34N4O4. The highest BCUT2D eigenvalue weighted by Crippen LogP contribution is 2.30. The maximum Gasteiger partial charge on any atom is 0.289 e. The van der Waals surface area contributed by atoms with E-state index in [1.807, 2.05) is 44.0 Å². The van der Waals surface area contributed by atoms with Gasteiger partial charge < -0.3 is 14.5 Å². The van der Waals surface area contributed by atoms with Gasteiger partial charge in [-0.25, -0.2) is 0 Å². The van der Waals surface area contributed by atoms with Crippen LogP contribution in [0.1, 0.15) is 49.2 Å². The van der Waals surface area contributed by atoms with Crippen LogP contribution in [0.15, 0.2) is 54.4 Å². The Bertz CT molecular complexity index is 1110. The smallest absolute Gasteiger partial charge is 0.289 e. The minimum absolute atomic E-state index is 0.0326. The number of likely N-dealkylation sites (tertiary alicyclic amines) is 1. The largest absolute Gasteiger partial charge is 0.481 e. The molecule has 0 radical (unpaired) electrons. The average Bonchev–Trinajstić information content (AvgIpc) is 3.27. The summed E-state index contributed by atoms with van der Waals surface area (Å²) in [5.41, 5.74) is 0.914. The molecule has 2 aromatic rings. The van der Waals surface area contributed by atoms with Gasteiger partial charge in [0.15, 0.2) is 11.5 Å². The van der Waals surface area contributed by atoms with Crippen molar-refractivity contribution in [2.75, 3.05) is 20.1 Å². The van der Waals surface area contributed by atoms with E-state index in [0.29, 0.717) is 18.8 Å². The molecule has 8 nitrogen and oxygen atoms in total. The number of hydrogen-bond acceptors (Lipinski definition) is 5. The summed E-state index contributed by atoms with van der Waals surface area (Å²) in [5, 5.41) is 4.30. The lowest BCUT2D eigenvalue weighted by Crippen LogP contribution is -2.49. The first-order valence-electron chi connectivity index (χ1n) is 12.2. The fourth-order valence-corrected chi connectivity index (χ4v) is 5.06. The number of piperidine rings is 1. The van der Waals surface area contributed by atoms with E-state index in [2.05, 4.69) is 17.2 Å². The zero-order valence-electron chi connectivity index (χ0n) is 20.9. The zero-order valence-corrected chi connectivity index (χ0v) is 20.9. The highest BCUT2D eigenvalue weighted by atomic mass is 16.5. The number of hydrogen-bond donors (Lipinski definition) is 0. The first-order valence-corrected chi connectivity index (χ1v) is 12.2. The summed E-state index contributed by atoms with van der Waals surface area (Å²) in [6.45, 7) is 4.74. The van der Waals surface area contributed by atoms with Crippen molar-refractivity contribution in [1.82, 2.24) is 19.6 Å². The Hall–Kier alpha value is -3.42. The molecule has 2 aliphatic rings. The van der Waals surface area contributed by atoms with Gasteiger partial charge in [0.05, 0.1) is 0 Å². The van der Waals surface area contributed by atoms with Crippen LogP contribution in [0.3, 0.4) is 0 Å². The van der Waals surface area contributed by atoms with E-state index < -0.39 is 5.60 Å². The molecule has 1 unspecified atom stereocenters. The topological polar surface area (TPSA) is 84.7 Å². The lowest BCUT2D eigenvalue weighted by Gasteiger charge is -2.40. The SMILES string of the molecule is CN(C(=O)c1ccn(C)n1)C(Cc1ccccc1)C1CCN(C(=O)C2=CC(=O)CC(C)(C)O2)CC1. The first-order chi connectivity index (χ1) is 16.6. The van der Waals surface area contributed by atoms with Crippen molar-refractivity contribution >= 4 is 17.6 Å². The second-order valence-corrected chi connectivity index (χ2v) is 10.2. The summed E-state index contributed by atoms with van der Waals surface area (Å²) in [7, 11) is 3.64. The molecule has 3 heterocycles. The average molecular weight is 479 g/mol. The summed E-state index contributed by atoms with van der Waals surface area (Å²) in [6, 6.07) is 11.9. The number of aromatic nitrogens is 2. The molecule has 1 aromatic heterocycles. The molecule has 0 spiro atoms. The van der Waals surface area contributed by atoms with E-state index in [-0.39, 0.29) is 41.7 Å². The van der Waals surface area contributed by atoms with Gasteiger partial charge in [0.25, 0.3) is 11.8 Å². The highest BCUT2D eigenvalue weighted by Gasteiger charge is 2.37. The van der Waals surface area contributed by atoms with Crippen LogP contribution >= 0.6 is 0 Å². The van der Waals surface area contributed by atoms with E-state index >= 15 is 0 Å². The van der Waals surface area contributed by atoms with Gasteiger partial charge >= 0.3 is 0 Å². The number of ether oxygens (including phenoxy) is 1. The zero-order chi connectivity index (χ0) is 25.2. The quantitative estimate of drug-likeness (QED) is 0.637. The molecule has 0 bridgehead atoms. The van der Waals surface area contributed by atoms with Crippen molar-refractivity contribution in [2.24, 2.45) is 13.0 Å². The molecule has 1 fully saturated rings. The molecule has 4 rings (SSSR count). The molecule has 2 amide bonds. The number of nitrogens with zero attached hydrogens (tertiary/aromatic N) is 4. The van der Waals surface area contributed by atoms with E-state index in [1.165, 1.54) is 6.08 Å². The van der Waals surface area contributed by atoms with Crippen LogP contribution in [0.5, 0.6) is 0 Å². The highest BCUT2D eigenvalue weighted by molar-refractivity contribution is 6.01. The normalized spacial score (nSPS) is 19.0. The van der Waals surface area contributed by atoms with Gasteiger partial charge in [-0.05, 0) is 50.7 Å². The summed E-state index contributed by atoms with van der Waals surface area (Å²) >= 11 is 0. The number of benzene rings is 1. The number of likely N-dealkylation sites (N-methyl/N-ethyl adjacent to an activating group) is 1. The third-order valence-electron chi connectivity index (χ3n) is 6.90. The number of carbonyl (C=O) groups excluding carboxylic acids is 3. The van der Waals surface area contributed by atoms with Gasteiger partial charge in [0.2, 0.25) is 0 Å². The molecule has 0 N–H and O–H groups in total. The standard InChI is InChI=1S/C27H34N4O4/c1-27(2)18-21(32)17-24(35-27)26(34)31-14-10-20(11-15-31)23(16-19-8-6-5-7-9-19)30(4)25(33)22-12-13-29(3)28-22/h5-9,12-13,17,20,23H,10-11,14-16,18H2,1-4H3. The number of aryl methyl sites for hydroxylation is 1. The van der Waals surface area contributed by atoms with Crippen molar-refractivity contribution in [3.63, 3.8) is 0 Å². The van der Waals surface area contributed by atoms with Gasteiger partial charge in [-0.2, -0.15) is 5.10 Å². The number of allylic oxidation sites excluding steroid dienone is 1. The molecule has 8 heteroatoms. The van der Waals surface area contributed by atoms with Crippen LogP contribution in [-0.4, -0.2) is 69.0 Å². The van der Waals surface area contributed by atoms with Crippen molar-refractivity contribution in [2.45, 2.75) is 51.2 Å². The monoisotopic (exact) mass is 478 g/mol. The van der Waals surface area contributed by atoms with Crippen molar-refractivity contribution < 1.29 is 19.1 Å². The minimum atomic E-state index is -0.676. The molecule has 2 aliphatic heterocycles. The first kappa shape index (κ1) is 24.7. The maximum atomic E-state index is 13.2. The Morgan fingerprint density at radius 2 is 1.86 bits per heavy atom. The van der Waals surface area contributed by atoms with Gasteiger partial charge in [0.1, 0.15) is 11.3 Å². The second kappa shape index (κ2) is 10.1. The number of carbonyl (C=O) groups is 3. The lowest BCUT2D eigenvalue weighted by atomic mass is 9.84. The van der Waals surface area contributed by atoms with E-state index in [4.69, 9.17) is 4.74 Å². The summed E-state index contributed by atoms with van der Waals surface area (Å²) < 4.78 is 7.45.